The van der Waals surface area contributed by atoms with Crippen LogP contribution in [0, 0.1) is 0 Å². The van der Waals surface area contributed by atoms with Crippen LogP contribution in [-0.2, 0) is 6.18 Å². The minimum atomic E-state index is -4.81. The van der Waals surface area contributed by atoms with Crippen LogP contribution in [0.25, 0.3) is 16.7 Å². The molecule has 1 aliphatic carbocycles. The molecule has 0 amide bonds. The summed E-state index contributed by atoms with van der Waals surface area (Å²) < 4.78 is 49.8. The minimum absolute atomic E-state index is 0.173. The van der Waals surface area contributed by atoms with E-state index in [9.17, 15) is 18.0 Å². The number of para-hydroxylation sites is 2. The number of alkyl halides is 3. The Morgan fingerprint density at radius 1 is 0.944 bits per heavy atom. The van der Waals surface area contributed by atoms with E-state index in [1.54, 1.807) is 60.7 Å². The molecule has 2 aromatic heterocycles. The molecule has 180 valence electrons. The van der Waals surface area contributed by atoms with E-state index in [-0.39, 0.29) is 17.3 Å². The molecule has 0 spiro atoms. The molecule has 2 heterocycles. The molecular weight excluding hydrogens is 467 g/mol. The molecule has 8 heteroatoms. The fourth-order valence-corrected chi connectivity index (χ4v) is 3.91. The average Bonchev–Trinajstić information content (AvgIpc) is 3.14. The van der Waals surface area contributed by atoms with Gasteiger partial charge in [-0.25, -0.2) is 0 Å². The SMILES string of the molecule is O=c1cc(Nc2ccccc2)n(C2=CC=CCC=C2)c2nc(Oc3ccccc3)cc(C(F)(F)F)c12. The van der Waals surface area contributed by atoms with Crippen molar-refractivity contribution in [2.75, 3.05) is 5.32 Å². The number of rotatable bonds is 5. The Balaban J connectivity index is 1.82. The zero-order valence-electron chi connectivity index (χ0n) is 18.9. The third-order valence-corrected chi connectivity index (χ3v) is 5.48. The molecule has 0 fully saturated rings. The van der Waals surface area contributed by atoms with Crippen molar-refractivity contribution in [2.45, 2.75) is 12.6 Å². The van der Waals surface area contributed by atoms with Crippen molar-refractivity contribution in [3.63, 3.8) is 0 Å². The number of allylic oxidation sites excluding steroid dienone is 6. The first-order valence-electron chi connectivity index (χ1n) is 11.2. The van der Waals surface area contributed by atoms with E-state index in [2.05, 4.69) is 10.3 Å². The van der Waals surface area contributed by atoms with Crippen LogP contribution in [0.5, 0.6) is 11.6 Å². The molecular formula is C28H20F3N3O2. The second-order valence-electron chi connectivity index (χ2n) is 8.00. The van der Waals surface area contributed by atoms with Gasteiger partial charge in [0.05, 0.1) is 10.9 Å². The maximum absolute atomic E-state index is 14.2. The summed E-state index contributed by atoms with van der Waals surface area (Å²) in [7, 11) is 0. The molecule has 0 saturated heterocycles. The fraction of sp³-hybridized carbons (Fsp3) is 0.0714. The van der Waals surface area contributed by atoms with E-state index < -0.39 is 22.6 Å². The number of nitrogens with zero attached hydrogens (tertiary/aromatic N) is 2. The molecule has 36 heavy (non-hydrogen) atoms. The molecule has 0 atom stereocenters. The molecule has 5 nitrogen and oxygen atoms in total. The number of hydrogen-bond donors (Lipinski definition) is 1. The summed E-state index contributed by atoms with van der Waals surface area (Å²) in [6.45, 7) is 0. The van der Waals surface area contributed by atoms with E-state index in [0.29, 0.717) is 23.6 Å². The van der Waals surface area contributed by atoms with Gasteiger partial charge in [-0.3, -0.25) is 9.36 Å². The van der Waals surface area contributed by atoms with Crippen molar-refractivity contribution < 1.29 is 17.9 Å². The van der Waals surface area contributed by atoms with Gasteiger partial charge in [0.2, 0.25) is 5.88 Å². The Bertz CT molecular complexity index is 1550. The van der Waals surface area contributed by atoms with Gasteiger partial charge in [-0.15, -0.1) is 0 Å². The Hall–Kier alpha value is -4.59. The van der Waals surface area contributed by atoms with Crippen LogP contribution in [0.2, 0.25) is 0 Å². The highest BCUT2D eigenvalue weighted by Gasteiger charge is 2.36. The lowest BCUT2D eigenvalue weighted by molar-refractivity contribution is -0.136. The van der Waals surface area contributed by atoms with Crippen LogP contribution in [-0.4, -0.2) is 9.55 Å². The zero-order chi connectivity index (χ0) is 25.1. The van der Waals surface area contributed by atoms with E-state index in [0.717, 1.165) is 12.1 Å². The molecule has 0 unspecified atom stereocenters. The zero-order valence-corrected chi connectivity index (χ0v) is 18.9. The molecule has 0 aliphatic heterocycles. The van der Waals surface area contributed by atoms with Gasteiger partial charge in [0.15, 0.2) is 11.1 Å². The monoisotopic (exact) mass is 487 g/mol. The first-order valence-corrected chi connectivity index (χ1v) is 11.2. The van der Waals surface area contributed by atoms with Gasteiger partial charge in [0, 0.05) is 23.5 Å². The van der Waals surface area contributed by atoms with Gasteiger partial charge >= 0.3 is 6.18 Å². The molecule has 1 aliphatic rings. The standard InChI is InChI=1S/C28H20F3N3O2/c29-28(30,31)22-17-25(36-21-15-9-4-10-16-21)33-27-26(22)23(35)18-24(32-19-11-5-3-6-12-19)34(27)20-13-7-1-2-8-14-20/h1,3-18,32H,2H2. The fourth-order valence-electron chi connectivity index (χ4n) is 3.91. The van der Waals surface area contributed by atoms with Gasteiger partial charge in [0.1, 0.15) is 11.6 Å². The number of nitrogens with one attached hydrogen (secondary N) is 1. The Kier molecular flexibility index (Phi) is 6.16. The molecule has 0 bridgehead atoms. The Morgan fingerprint density at radius 3 is 2.39 bits per heavy atom. The number of fused-ring (bicyclic) bond motifs is 1. The lowest BCUT2D eigenvalue weighted by Gasteiger charge is -2.20. The van der Waals surface area contributed by atoms with E-state index >= 15 is 0 Å². The summed E-state index contributed by atoms with van der Waals surface area (Å²) in [6, 6.07) is 19.4. The predicted molar refractivity (Wildman–Crippen MR) is 134 cm³/mol. The van der Waals surface area contributed by atoms with Gasteiger partial charge in [0.25, 0.3) is 0 Å². The second-order valence-corrected chi connectivity index (χ2v) is 8.00. The number of ether oxygens (including phenoxy) is 1. The van der Waals surface area contributed by atoms with Crippen molar-refractivity contribution in [1.82, 2.24) is 9.55 Å². The number of benzene rings is 2. The van der Waals surface area contributed by atoms with Crippen molar-refractivity contribution in [3.05, 3.63) is 119 Å². The van der Waals surface area contributed by atoms with E-state index in [1.165, 1.54) is 4.57 Å². The van der Waals surface area contributed by atoms with Gasteiger partial charge in [-0.2, -0.15) is 18.2 Å². The van der Waals surface area contributed by atoms with E-state index in [4.69, 9.17) is 4.74 Å². The molecule has 0 saturated carbocycles. The van der Waals surface area contributed by atoms with Crippen molar-refractivity contribution in [3.8, 4) is 11.6 Å². The van der Waals surface area contributed by atoms with Crippen LogP contribution >= 0.6 is 0 Å². The third kappa shape index (κ3) is 4.79. The number of aromatic nitrogens is 2. The smallest absolute Gasteiger partial charge is 0.417 e. The quantitative estimate of drug-likeness (QED) is 0.321. The maximum atomic E-state index is 14.2. The number of hydrogen-bond acceptors (Lipinski definition) is 4. The highest BCUT2D eigenvalue weighted by Crippen LogP contribution is 2.38. The minimum Gasteiger partial charge on any atom is -0.439 e. The summed E-state index contributed by atoms with van der Waals surface area (Å²) in [6.07, 6.45) is 4.97. The second kappa shape index (κ2) is 9.58. The Labute approximate surface area is 204 Å². The summed E-state index contributed by atoms with van der Waals surface area (Å²) in [5, 5.41) is 2.61. The van der Waals surface area contributed by atoms with Crippen LogP contribution in [0.4, 0.5) is 24.7 Å². The third-order valence-electron chi connectivity index (χ3n) is 5.48. The summed E-state index contributed by atoms with van der Waals surface area (Å²) >= 11 is 0. The molecule has 2 aromatic carbocycles. The number of halogens is 3. The van der Waals surface area contributed by atoms with Crippen molar-refractivity contribution in [2.24, 2.45) is 0 Å². The molecule has 0 radical (unpaired) electrons. The summed E-state index contributed by atoms with van der Waals surface area (Å²) in [4.78, 5) is 17.6. The van der Waals surface area contributed by atoms with Crippen LogP contribution in [0.15, 0.2) is 108 Å². The van der Waals surface area contributed by atoms with E-state index in [1.807, 2.05) is 30.4 Å². The molecule has 1 N–H and O–H groups in total. The highest BCUT2D eigenvalue weighted by atomic mass is 19.4. The summed E-state index contributed by atoms with van der Waals surface area (Å²) in [5.74, 6) is 0.309. The lowest BCUT2D eigenvalue weighted by atomic mass is 10.1. The molecule has 5 rings (SSSR count). The van der Waals surface area contributed by atoms with Gasteiger partial charge < -0.3 is 10.1 Å². The molecule has 4 aromatic rings. The highest BCUT2D eigenvalue weighted by molar-refractivity contribution is 5.88. The van der Waals surface area contributed by atoms with Crippen LogP contribution < -0.4 is 15.5 Å². The number of pyridine rings is 2. The predicted octanol–water partition coefficient (Wildman–Crippen LogP) is 7.31. The maximum Gasteiger partial charge on any atom is 0.417 e. The first-order chi connectivity index (χ1) is 17.4. The van der Waals surface area contributed by atoms with Crippen molar-refractivity contribution >= 4 is 28.2 Å². The van der Waals surface area contributed by atoms with Crippen LogP contribution in [0.3, 0.4) is 0 Å². The average molecular weight is 487 g/mol. The topological polar surface area (TPSA) is 56.2 Å². The normalized spacial score (nSPS) is 13.4. The lowest BCUT2D eigenvalue weighted by Crippen LogP contribution is -2.19. The Morgan fingerprint density at radius 2 is 1.67 bits per heavy atom. The van der Waals surface area contributed by atoms with Gasteiger partial charge in [-0.1, -0.05) is 54.6 Å². The van der Waals surface area contributed by atoms with Gasteiger partial charge in [-0.05, 0) is 42.8 Å². The number of anilines is 2. The van der Waals surface area contributed by atoms with Crippen LogP contribution in [0.1, 0.15) is 12.0 Å². The first kappa shape index (κ1) is 23.2. The van der Waals surface area contributed by atoms with Crippen molar-refractivity contribution in [1.29, 1.82) is 0 Å². The largest absolute Gasteiger partial charge is 0.439 e. The summed E-state index contributed by atoms with van der Waals surface area (Å²) in [5.41, 5.74) is -0.902.